The van der Waals surface area contributed by atoms with Crippen molar-refractivity contribution in [1.82, 2.24) is 29.7 Å². The highest BCUT2D eigenvalue weighted by molar-refractivity contribution is 5.26. The fourth-order valence-corrected chi connectivity index (χ4v) is 3.88. The van der Waals surface area contributed by atoms with Crippen molar-refractivity contribution < 1.29 is 5.11 Å². The predicted molar refractivity (Wildman–Crippen MR) is 91.4 cm³/mol. The Morgan fingerprint density at radius 3 is 2.79 bits per heavy atom. The number of likely N-dealkylation sites (tertiary alicyclic amines) is 1. The van der Waals surface area contributed by atoms with E-state index in [9.17, 15) is 5.11 Å². The van der Waals surface area contributed by atoms with Crippen LogP contribution in [-0.4, -0.2) is 53.5 Å². The molecule has 7 heteroatoms. The van der Waals surface area contributed by atoms with Gasteiger partial charge < -0.3 is 5.11 Å². The molecular formula is C17H28N6O. The van der Waals surface area contributed by atoms with E-state index >= 15 is 0 Å². The van der Waals surface area contributed by atoms with Crippen LogP contribution in [0.1, 0.15) is 43.6 Å². The van der Waals surface area contributed by atoms with Crippen molar-refractivity contribution in [2.24, 2.45) is 7.05 Å². The maximum absolute atomic E-state index is 11.0. The monoisotopic (exact) mass is 332 g/mol. The Hall–Kier alpha value is -1.73. The van der Waals surface area contributed by atoms with Gasteiger partial charge in [-0.25, -0.2) is 4.68 Å². The zero-order valence-corrected chi connectivity index (χ0v) is 14.9. The van der Waals surface area contributed by atoms with E-state index < -0.39 is 5.60 Å². The highest BCUT2D eigenvalue weighted by Gasteiger charge is 2.34. The summed E-state index contributed by atoms with van der Waals surface area (Å²) in [4.78, 5) is 2.36. The number of β-amino-alcohol motifs (C(OH)–C–C–N with tert-alkyl or cyclic N) is 1. The number of hydrogen-bond acceptors (Lipinski definition) is 5. The molecule has 1 aliphatic rings. The smallest absolute Gasteiger partial charge is 0.0970 e. The van der Waals surface area contributed by atoms with Crippen LogP contribution in [0, 0.1) is 0 Å². The molecule has 0 saturated carbocycles. The first-order valence-corrected chi connectivity index (χ1v) is 8.87. The van der Waals surface area contributed by atoms with E-state index in [-0.39, 0.29) is 0 Å². The Morgan fingerprint density at radius 1 is 1.29 bits per heavy atom. The summed E-state index contributed by atoms with van der Waals surface area (Å²) in [7, 11) is 2.03. The molecule has 0 aliphatic carbocycles. The third kappa shape index (κ3) is 3.52. The van der Waals surface area contributed by atoms with Crippen LogP contribution in [0.3, 0.4) is 0 Å². The lowest BCUT2D eigenvalue weighted by atomic mass is 9.92. The topological polar surface area (TPSA) is 72.0 Å². The second-order valence-corrected chi connectivity index (χ2v) is 6.84. The van der Waals surface area contributed by atoms with E-state index in [0.29, 0.717) is 13.1 Å². The Labute approximate surface area is 143 Å². The number of hydrogen-bond donors (Lipinski definition) is 1. The standard InChI is InChI=1S/C17H28N6O/c1-4-15-14(16(5-2)21(3)19-15)11-22-9-6-7-17(24,12-22)13-23-10-8-18-20-23/h8,10,24H,4-7,9,11-13H2,1-3H3. The second-order valence-electron chi connectivity index (χ2n) is 6.84. The van der Waals surface area contributed by atoms with Crippen LogP contribution in [0.15, 0.2) is 12.4 Å². The molecular weight excluding hydrogens is 304 g/mol. The lowest BCUT2D eigenvalue weighted by Gasteiger charge is -2.39. The van der Waals surface area contributed by atoms with Gasteiger partial charge in [0.15, 0.2) is 0 Å². The molecule has 7 nitrogen and oxygen atoms in total. The molecule has 3 rings (SSSR count). The van der Waals surface area contributed by atoms with E-state index in [2.05, 4.69) is 34.2 Å². The first kappa shape index (κ1) is 17.1. The van der Waals surface area contributed by atoms with Crippen LogP contribution < -0.4 is 0 Å². The van der Waals surface area contributed by atoms with Crippen molar-refractivity contribution in [3.05, 3.63) is 29.3 Å². The van der Waals surface area contributed by atoms with E-state index in [1.165, 1.54) is 17.0 Å². The first-order valence-electron chi connectivity index (χ1n) is 8.87. The van der Waals surface area contributed by atoms with Gasteiger partial charge in [-0.05, 0) is 32.2 Å². The molecule has 1 fully saturated rings. The molecule has 1 unspecified atom stereocenters. The highest BCUT2D eigenvalue weighted by Crippen LogP contribution is 2.26. The van der Waals surface area contributed by atoms with Gasteiger partial charge in [0.1, 0.15) is 0 Å². The van der Waals surface area contributed by atoms with Gasteiger partial charge in [-0.15, -0.1) is 5.10 Å². The number of piperidine rings is 1. The Balaban J connectivity index is 1.74. The van der Waals surface area contributed by atoms with Gasteiger partial charge in [-0.2, -0.15) is 5.10 Å². The normalized spacial score (nSPS) is 22.2. The van der Waals surface area contributed by atoms with Crippen LogP contribution in [0.2, 0.25) is 0 Å². The van der Waals surface area contributed by atoms with Crippen LogP contribution in [0.5, 0.6) is 0 Å². The van der Waals surface area contributed by atoms with Crippen LogP contribution in [0.4, 0.5) is 0 Å². The summed E-state index contributed by atoms with van der Waals surface area (Å²) < 4.78 is 3.74. The first-order chi connectivity index (χ1) is 11.5. The van der Waals surface area contributed by atoms with Gasteiger partial charge in [0.25, 0.3) is 0 Å². The molecule has 1 N–H and O–H groups in total. The number of aliphatic hydroxyl groups is 1. The molecule has 3 heterocycles. The van der Waals surface area contributed by atoms with Crippen molar-refractivity contribution >= 4 is 0 Å². The van der Waals surface area contributed by atoms with E-state index in [0.717, 1.165) is 38.8 Å². The Kier molecular flexibility index (Phi) is 5.01. The maximum Gasteiger partial charge on any atom is 0.0970 e. The summed E-state index contributed by atoms with van der Waals surface area (Å²) in [5.74, 6) is 0. The molecule has 0 spiro atoms. The van der Waals surface area contributed by atoms with E-state index in [4.69, 9.17) is 0 Å². The summed E-state index contributed by atoms with van der Waals surface area (Å²) in [6.07, 6.45) is 7.19. The summed E-state index contributed by atoms with van der Waals surface area (Å²) in [5.41, 5.74) is 3.08. The van der Waals surface area contributed by atoms with Gasteiger partial charge in [0.05, 0.1) is 24.0 Å². The summed E-state index contributed by atoms with van der Waals surface area (Å²) in [6, 6.07) is 0. The van der Waals surface area contributed by atoms with Crippen molar-refractivity contribution in [3.8, 4) is 0 Å². The number of aromatic nitrogens is 5. The molecule has 24 heavy (non-hydrogen) atoms. The molecule has 2 aromatic rings. The van der Waals surface area contributed by atoms with E-state index in [1.807, 2.05) is 17.9 Å². The van der Waals surface area contributed by atoms with Crippen molar-refractivity contribution in [1.29, 1.82) is 0 Å². The highest BCUT2D eigenvalue weighted by atomic mass is 16.3. The lowest BCUT2D eigenvalue weighted by Crippen LogP contribution is -2.50. The van der Waals surface area contributed by atoms with Gasteiger partial charge >= 0.3 is 0 Å². The van der Waals surface area contributed by atoms with E-state index in [1.54, 1.807) is 10.9 Å². The average molecular weight is 332 g/mol. The fourth-order valence-electron chi connectivity index (χ4n) is 3.88. The number of aryl methyl sites for hydroxylation is 2. The van der Waals surface area contributed by atoms with Gasteiger partial charge in [0, 0.05) is 37.6 Å². The van der Waals surface area contributed by atoms with Gasteiger partial charge in [-0.3, -0.25) is 9.58 Å². The SMILES string of the molecule is CCc1nn(C)c(CC)c1CN1CCCC(O)(Cn2ccnn2)C1. The third-order valence-corrected chi connectivity index (χ3v) is 4.97. The molecule has 1 aliphatic heterocycles. The molecule has 0 aromatic carbocycles. The predicted octanol–water partition coefficient (Wildman–Crippen LogP) is 1.16. The molecule has 0 amide bonds. The number of nitrogens with zero attached hydrogens (tertiary/aromatic N) is 6. The largest absolute Gasteiger partial charge is 0.387 e. The minimum Gasteiger partial charge on any atom is -0.387 e. The molecule has 132 valence electrons. The summed E-state index contributed by atoms with van der Waals surface area (Å²) in [5, 5.41) is 23.5. The summed E-state index contributed by atoms with van der Waals surface area (Å²) >= 11 is 0. The average Bonchev–Trinajstić information content (AvgIpc) is 3.14. The molecule has 1 saturated heterocycles. The second kappa shape index (κ2) is 7.03. The van der Waals surface area contributed by atoms with Gasteiger partial charge in [0.2, 0.25) is 0 Å². The zero-order chi connectivity index (χ0) is 17.2. The molecule has 0 radical (unpaired) electrons. The number of rotatable bonds is 6. The van der Waals surface area contributed by atoms with Gasteiger partial charge in [-0.1, -0.05) is 19.1 Å². The quantitative estimate of drug-likeness (QED) is 0.859. The zero-order valence-electron chi connectivity index (χ0n) is 14.9. The molecule has 1 atom stereocenters. The Morgan fingerprint density at radius 2 is 2.12 bits per heavy atom. The summed E-state index contributed by atoms with van der Waals surface area (Å²) in [6.45, 7) is 7.37. The Bertz CT molecular complexity index is 665. The fraction of sp³-hybridized carbons (Fsp3) is 0.706. The molecule has 2 aromatic heterocycles. The van der Waals surface area contributed by atoms with Crippen molar-refractivity contribution in [2.45, 2.75) is 58.2 Å². The van der Waals surface area contributed by atoms with Crippen LogP contribution in [0.25, 0.3) is 0 Å². The van der Waals surface area contributed by atoms with Crippen LogP contribution in [-0.2, 0) is 33.0 Å². The lowest BCUT2D eigenvalue weighted by molar-refractivity contribution is -0.0479. The minimum absolute atomic E-state index is 0.498. The van der Waals surface area contributed by atoms with Crippen LogP contribution >= 0.6 is 0 Å². The maximum atomic E-state index is 11.0. The minimum atomic E-state index is -0.743. The van der Waals surface area contributed by atoms with Crippen molar-refractivity contribution in [2.75, 3.05) is 13.1 Å². The van der Waals surface area contributed by atoms with Crippen molar-refractivity contribution in [3.63, 3.8) is 0 Å². The third-order valence-electron chi connectivity index (χ3n) is 4.97. The molecule has 0 bridgehead atoms.